The Hall–Kier alpha value is -3.59. The van der Waals surface area contributed by atoms with Gasteiger partial charge in [-0.05, 0) is 42.5 Å². The molecule has 0 aliphatic carbocycles. The number of carbonyl (C=O) groups is 4. The van der Waals surface area contributed by atoms with Crippen LogP contribution in [-0.4, -0.2) is 28.9 Å². The zero-order valence-electron chi connectivity index (χ0n) is 16.3. The van der Waals surface area contributed by atoms with E-state index in [-0.39, 0.29) is 37.7 Å². The van der Waals surface area contributed by atoms with Crippen molar-refractivity contribution >= 4 is 70.4 Å². The van der Waals surface area contributed by atoms with E-state index in [2.05, 4.69) is 5.32 Å². The summed E-state index contributed by atoms with van der Waals surface area (Å²) in [6, 6.07) is 10.7. The van der Waals surface area contributed by atoms with Crippen LogP contribution in [0.15, 0.2) is 58.5 Å². The van der Waals surface area contributed by atoms with Crippen LogP contribution in [0.1, 0.15) is 16.1 Å². The van der Waals surface area contributed by atoms with Crippen molar-refractivity contribution in [3.05, 3.63) is 80.5 Å². The second kappa shape index (κ2) is 8.74. The van der Waals surface area contributed by atoms with Gasteiger partial charge in [0.15, 0.2) is 0 Å². The molecule has 166 valence electrons. The van der Waals surface area contributed by atoms with Crippen LogP contribution >= 0.6 is 34.8 Å². The molecular formula is C22H11Cl3N2O6. The van der Waals surface area contributed by atoms with Crippen LogP contribution in [0.3, 0.4) is 0 Å². The maximum absolute atomic E-state index is 13.0. The molecule has 0 spiro atoms. The monoisotopic (exact) mass is 504 g/mol. The maximum atomic E-state index is 13.0. The fourth-order valence-corrected chi connectivity index (χ4v) is 3.75. The van der Waals surface area contributed by atoms with E-state index in [4.69, 9.17) is 44.3 Å². The number of nitrogens with one attached hydrogen (secondary N) is 1. The van der Waals surface area contributed by atoms with Gasteiger partial charge in [0.1, 0.15) is 17.1 Å². The van der Waals surface area contributed by atoms with Crippen molar-refractivity contribution in [3.8, 4) is 11.3 Å². The number of barbiturate groups is 1. The maximum Gasteiger partial charge on any atom is 0.337 e. The fraction of sp³-hybridized carbons (Fsp3) is 0. The lowest BCUT2D eigenvalue weighted by Crippen LogP contribution is -2.54. The third-order valence-corrected chi connectivity index (χ3v) is 5.79. The number of hydrogen-bond acceptors (Lipinski definition) is 5. The number of nitrogens with zero attached hydrogens (tertiary/aromatic N) is 1. The van der Waals surface area contributed by atoms with Gasteiger partial charge in [0.2, 0.25) is 0 Å². The molecule has 2 N–H and O–H groups in total. The first-order valence-corrected chi connectivity index (χ1v) is 10.3. The summed E-state index contributed by atoms with van der Waals surface area (Å²) in [5.41, 5.74) is 0.0592. The van der Waals surface area contributed by atoms with Gasteiger partial charge in [-0.3, -0.25) is 14.9 Å². The highest BCUT2D eigenvalue weighted by Crippen LogP contribution is 2.34. The first kappa shape index (κ1) is 22.6. The number of benzene rings is 2. The van der Waals surface area contributed by atoms with Gasteiger partial charge in [-0.15, -0.1) is 0 Å². The summed E-state index contributed by atoms with van der Waals surface area (Å²) in [4.78, 5) is 49.5. The van der Waals surface area contributed by atoms with Gasteiger partial charge in [-0.25, -0.2) is 14.5 Å². The second-order valence-corrected chi connectivity index (χ2v) is 7.92. The zero-order chi connectivity index (χ0) is 23.9. The molecule has 1 aliphatic rings. The van der Waals surface area contributed by atoms with Crippen molar-refractivity contribution in [2.75, 3.05) is 4.90 Å². The largest absolute Gasteiger partial charge is 0.478 e. The molecule has 11 heteroatoms. The number of furan rings is 1. The molecule has 3 aromatic rings. The van der Waals surface area contributed by atoms with E-state index < -0.39 is 23.8 Å². The summed E-state index contributed by atoms with van der Waals surface area (Å²) in [5, 5.41) is 11.3. The molecule has 2 heterocycles. The number of halogens is 3. The molecule has 0 bridgehead atoms. The standard InChI is InChI=1S/C22H11Cl3N2O6/c23-14-2-1-3-16(18(14)25)27-20(29)13(19(28)26-22(27)32)9-11-5-7-17(33-11)10-4-6-12(21(30)31)15(24)8-10/h1-9H,(H,30,31)(H,26,28,32)/b13-9+. The predicted molar refractivity (Wildman–Crippen MR) is 122 cm³/mol. The molecule has 1 fully saturated rings. The Morgan fingerprint density at radius 1 is 1.00 bits per heavy atom. The lowest BCUT2D eigenvalue weighted by Gasteiger charge is -2.27. The molecule has 2 aromatic carbocycles. The number of imide groups is 2. The van der Waals surface area contributed by atoms with Gasteiger partial charge in [0.25, 0.3) is 11.8 Å². The van der Waals surface area contributed by atoms with Crippen LogP contribution in [0, 0.1) is 0 Å². The minimum Gasteiger partial charge on any atom is -0.478 e. The van der Waals surface area contributed by atoms with Gasteiger partial charge < -0.3 is 9.52 Å². The Morgan fingerprint density at radius 3 is 2.45 bits per heavy atom. The molecule has 1 aliphatic heterocycles. The minimum atomic E-state index is -1.17. The van der Waals surface area contributed by atoms with Gasteiger partial charge in [-0.1, -0.05) is 46.9 Å². The number of aromatic carboxylic acids is 1. The number of hydrogen-bond donors (Lipinski definition) is 2. The Morgan fingerprint density at radius 2 is 1.76 bits per heavy atom. The highest BCUT2D eigenvalue weighted by atomic mass is 35.5. The SMILES string of the molecule is O=C1NC(=O)N(c2cccc(Cl)c2Cl)C(=O)/C1=C/c1ccc(-c2ccc(C(=O)O)c(Cl)c2)o1. The molecule has 0 unspecified atom stereocenters. The van der Waals surface area contributed by atoms with Crippen molar-refractivity contribution in [2.45, 2.75) is 0 Å². The fourth-order valence-electron chi connectivity index (χ4n) is 3.11. The van der Waals surface area contributed by atoms with Crippen LogP contribution in [0.5, 0.6) is 0 Å². The van der Waals surface area contributed by atoms with Crippen molar-refractivity contribution in [1.82, 2.24) is 5.32 Å². The van der Waals surface area contributed by atoms with E-state index in [0.29, 0.717) is 16.2 Å². The molecule has 0 saturated carbocycles. The molecule has 0 radical (unpaired) electrons. The summed E-state index contributed by atoms with van der Waals surface area (Å²) >= 11 is 18.1. The topological polar surface area (TPSA) is 117 Å². The first-order chi connectivity index (χ1) is 15.7. The van der Waals surface area contributed by atoms with E-state index in [1.165, 1.54) is 48.5 Å². The number of rotatable bonds is 4. The predicted octanol–water partition coefficient (Wildman–Crippen LogP) is 5.27. The number of carboxylic acid groups (broad SMARTS) is 1. The molecule has 0 atom stereocenters. The Balaban J connectivity index is 1.68. The summed E-state index contributed by atoms with van der Waals surface area (Å²) in [6.45, 7) is 0. The van der Waals surface area contributed by atoms with E-state index in [0.717, 1.165) is 0 Å². The summed E-state index contributed by atoms with van der Waals surface area (Å²) in [6.07, 6.45) is 1.17. The van der Waals surface area contributed by atoms with Crippen molar-refractivity contribution in [2.24, 2.45) is 0 Å². The lowest BCUT2D eigenvalue weighted by molar-refractivity contribution is -0.122. The normalized spacial score (nSPS) is 15.2. The van der Waals surface area contributed by atoms with Crippen LogP contribution in [-0.2, 0) is 9.59 Å². The third-order valence-electron chi connectivity index (χ3n) is 4.67. The number of urea groups is 1. The Kier molecular flexibility index (Phi) is 5.99. The molecule has 1 saturated heterocycles. The van der Waals surface area contributed by atoms with Crippen molar-refractivity contribution in [1.29, 1.82) is 0 Å². The van der Waals surface area contributed by atoms with Crippen LogP contribution in [0.2, 0.25) is 15.1 Å². The van der Waals surface area contributed by atoms with Gasteiger partial charge in [0.05, 0.1) is 26.3 Å². The molecule has 4 amide bonds. The molecule has 4 rings (SSSR count). The average molecular weight is 506 g/mol. The number of anilines is 1. The van der Waals surface area contributed by atoms with Gasteiger partial charge in [0, 0.05) is 5.56 Å². The molecule has 33 heavy (non-hydrogen) atoms. The Labute approximate surface area is 200 Å². The first-order valence-electron chi connectivity index (χ1n) is 9.16. The molecular weight excluding hydrogens is 495 g/mol. The van der Waals surface area contributed by atoms with Crippen molar-refractivity contribution < 1.29 is 28.7 Å². The summed E-state index contributed by atoms with van der Waals surface area (Å²) in [5.74, 6) is -2.55. The highest BCUT2D eigenvalue weighted by Gasteiger charge is 2.38. The van der Waals surface area contributed by atoms with Crippen LogP contribution < -0.4 is 10.2 Å². The lowest BCUT2D eigenvalue weighted by atomic mass is 10.1. The number of carboxylic acids is 1. The smallest absolute Gasteiger partial charge is 0.337 e. The quantitative estimate of drug-likeness (QED) is 0.368. The average Bonchev–Trinajstić information content (AvgIpc) is 3.22. The van der Waals surface area contributed by atoms with Gasteiger partial charge >= 0.3 is 12.0 Å². The minimum absolute atomic E-state index is 0.0124. The highest BCUT2D eigenvalue weighted by molar-refractivity contribution is 6.46. The van der Waals surface area contributed by atoms with Crippen LogP contribution in [0.25, 0.3) is 17.4 Å². The molecule has 8 nitrogen and oxygen atoms in total. The third kappa shape index (κ3) is 4.23. The second-order valence-electron chi connectivity index (χ2n) is 6.73. The summed E-state index contributed by atoms with van der Waals surface area (Å²) < 4.78 is 5.67. The zero-order valence-corrected chi connectivity index (χ0v) is 18.5. The van der Waals surface area contributed by atoms with Crippen LogP contribution in [0.4, 0.5) is 10.5 Å². The van der Waals surface area contributed by atoms with E-state index in [1.807, 2.05) is 0 Å². The molecule has 1 aromatic heterocycles. The van der Waals surface area contributed by atoms with E-state index in [9.17, 15) is 19.2 Å². The Bertz CT molecular complexity index is 1380. The van der Waals surface area contributed by atoms with Crippen molar-refractivity contribution in [3.63, 3.8) is 0 Å². The van der Waals surface area contributed by atoms with E-state index >= 15 is 0 Å². The number of amides is 4. The van der Waals surface area contributed by atoms with E-state index in [1.54, 1.807) is 6.07 Å². The van der Waals surface area contributed by atoms with Gasteiger partial charge in [-0.2, -0.15) is 0 Å². The summed E-state index contributed by atoms with van der Waals surface area (Å²) in [7, 11) is 0. The number of carbonyl (C=O) groups excluding carboxylic acids is 3.